The molecular formula is C25H31N3O5. The Kier molecular flexibility index (Phi) is 7.15. The van der Waals surface area contributed by atoms with Crippen LogP contribution in [0.3, 0.4) is 0 Å². The number of fused-ring (bicyclic) bond motifs is 1. The summed E-state index contributed by atoms with van der Waals surface area (Å²) in [5.41, 5.74) is 2.62. The van der Waals surface area contributed by atoms with Crippen LogP contribution in [0.25, 0.3) is 0 Å². The number of carbonyl (C=O) groups is 2. The second kappa shape index (κ2) is 10.2. The number of nitrogens with one attached hydrogen (secondary N) is 1. The summed E-state index contributed by atoms with van der Waals surface area (Å²) in [4.78, 5) is 29.8. The minimum absolute atomic E-state index is 0.00315. The van der Waals surface area contributed by atoms with Crippen LogP contribution in [0.4, 0.5) is 0 Å². The molecule has 0 aromatic heterocycles. The monoisotopic (exact) mass is 453 g/mol. The van der Waals surface area contributed by atoms with Crippen molar-refractivity contribution in [1.82, 2.24) is 15.1 Å². The molecule has 1 atom stereocenters. The summed E-state index contributed by atoms with van der Waals surface area (Å²) in [7, 11) is 4.77. The van der Waals surface area contributed by atoms with Crippen LogP contribution in [-0.2, 0) is 11.3 Å². The van der Waals surface area contributed by atoms with E-state index in [-0.39, 0.29) is 24.2 Å². The number of carbonyl (C=O) groups excluding carboxylic acids is 2. The fraction of sp³-hybridized carbons (Fsp3) is 0.440. The number of amides is 1. The van der Waals surface area contributed by atoms with Gasteiger partial charge in [0.2, 0.25) is 5.91 Å². The van der Waals surface area contributed by atoms with E-state index in [1.807, 2.05) is 12.1 Å². The van der Waals surface area contributed by atoms with E-state index in [1.54, 1.807) is 33.5 Å². The highest BCUT2D eigenvalue weighted by Gasteiger charge is 2.32. The van der Waals surface area contributed by atoms with Crippen molar-refractivity contribution in [2.75, 3.05) is 54.1 Å². The van der Waals surface area contributed by atoms with Gasteiger partial charge < -0.3 is 19.5 Å². The van der Waals surface area contributed by atoms with Gasteiger partial charge in [-0.1, -0.05) is 12.1 Å². The first-order valence-electron chi connectivity index (χ1n) is 11.2. The molecule has 1 heterocycles. The first-order valence-corrected chi connectivity index (χ1v) is 11.2. The van der Waals surface area contributed by atoms with Crippen molar-refractivity contribution in [3.05, 3.63) is 53.1 Å². The third kappa shape index (κ3) is 5.29. The third-order valence-electron chi connectivity index (χ3n) is 6.35. The zero-order valence-electron chi connectivity index (χ0n) is 19.4. The molecule has 176 valence electrons. The number of nitrogens with zero attached hydrogens (tertiary/aromatic N) is 2. The zero-order valence-corrected chi connectivity index (χ0v) is 19.4. The minimum Gasteiger partial charge on any atom is -0.497 e. The molecule has 8 heteroatoms. The number of ketones is 1. The summed E-state index contributed by atoms with van der Waals surface area (Å²) < 4.78 is 15.9. The molecule has 1 saturated heterocycles. The highest BCUT2D eigenvalue weighted by molar-refractivity contribution is 6.02. The van der Waals surface area contributed by atoms with E-state index in [2.05, 4.69) is 27.2 Å². The molecule has 1 fully saturated rings. The van der Waals surface area contributed by atoms with Crippen molar-refractivity contribution >= 4 is 11.7 Å². The number of rotatable bonds is 8. The van der Waals surface area contributed by atoms with Crippen molar-refractivity contribution in [3.8, 4) is 17.2 Å². The molecule has 0 spiro atoms. The van der Waals surface area contributed by atoms with Gasteiger partial charge in [0, 0.05) is 44.7 Å². The minimum atomic E-state index is -0.337. The molecule has 8 nitrogen and oxygen atoms in total. The highest BCUT2D eigenvalue weighted by Crippen LogP contribution is 2.39. The van der Waals surface area contributed by atoms with E-state index in [1.165, 1.54) is 5.56 Å². The molecule has 2 aliphatic rings. The second-order valence-electron chi connectivity index (χ2n) is 8.44. The Balaban J connectivity index is 1.28. The van der Waals surface area contributed by atoms with E-state index in [4.69, 9.17) is 14.2 Å². The quantitative estimate of drug-likeness (QED) is 0.657. The van der Waals surface area contributed by atoms with E-state index in [9.17, 15) is 9.59 Å². The van der Waals surface area contributed by atoms with Gasteiger partial charge in [-0.15, -0.1) is 0 Å². The third-order valence-corrected chi connectivity index (χ3v) is 6.35. The Morgan fingerprint density at radius 2 is 1.58 bits per heavy atom. The Morgan fingerprint density at radius 3 is 2.21 bits per heavy atom. The molecule has 0 bridgehead atoms. The van der Waals surface area contributed by atoms with Crippen molar-refractivity contribution in [2.24, 2.45) is 0 Å². The van der Waals surface area contributed by atoms with Gasteiger partial charge >= 0.3 is 0 Å². The summed E-state index contributed by atoms with van der Waals surface area (Å²) in [6.45, 7) is 4.67. The van der Waals surface area contributed by atoms with Gasteiger partial charge in [0.05, 0.1) is 33.9 Å². The molecule has 0 radical (unpaired) electrons. The fourth-order valence-electron chi connectivity index (χ4n) is 4.50. The normalized spacial score (nSPS) is 18.6. The average molecular weight is 454 g/mol. The van der Waals surface area contributed by atoms with Crippen LogP contribution in [0.15, 0.2) is 36.4 Å². The van der Waals surface area contributed by atoms with E-state index >= 15 is 0 Å². The van der Waals surface area contributed by atoms with Crippen LogP contribution in [0.5, 0.6) is 17.2 Å². The Morgan fingerprint density at radius 1 is 0.939 bits per heavy atom. The van der Waals surface area contributed by atoms with Gasteiger partial charge in [-0.05, 0) is 35.4 Å². The maximum absolute atomic E-state index is 12.7. The average Bonchev–Trinajstić information content (AvgIpc) is 3.13. The Hall–Kier alpha value is -3.10. The smallest absolute Gasteiger partial charge is 0.234 e. The van der Waals surface area contributed by atoms with Gasteiger partial charge in [0.15, 0.2) is 17.3 Å². The predicted molar refractivity (Wildman–Crippen MR) is 124 cm³/mol. The molecule has 1 unspecified atom stereocenters. The van der Waals surface area contributed by atoms with E-state index < -0.39 is 0 Å². The number of hydrogen-bond acceptors (Lipinski definition) is 7. The summed E-state index contributed by atoms with van der Waals surface area (Å²) in [5.74, 6) is 1.86. The lowest BCUT2D eigenvalue weighted by Gasteiger charge is -2.34. The molecule has 1 aliphatic carbocycles. The van der Waals surface area contributed by atoms with Crippen LogP contribution in [-0.4, -0.2) is 75.5 Å². The van der Waals surface area contributed by atoms with Crippen molar-refractivity contribution in [2.45, 2.75) is 19.0 Å². The number of ether oxygens (including phenoxy) is 3. The largest absolute Gasteiger partial charge is 0.497 e. The lowest BCUT2D eigenvalue weighted by Crippen LogP contribution is -2.49. The van der Waals surface area contributed by atoms with Gasteiger partial charge in [0.25, 0.3) is 0 Å². The maximum atomic E-state index is 12.7. The topological polar surface area (TPSA) is 80.3 Å². The number of Topliss-reactive ketones (excluding diaryl/α,β-unsaturated/α-hetero) is 1. The molecule has 1 N–H and O–H groups in total. The van der Waals surface area contributed by atoms with Gasteiger partial charge in [-0.2, -0.15) is 0 Å². The molecule has 1 amide bonds. The van der Waals surface area contributed by atoms with Crippen molar-refractivity contribution in [1.29, 1.82) is 0 Å². The van der Waals surface area contributed by atoms with E-state index in [0.717, 1.165) is 44.0 Å². The van der Waals surface area contributed by atoms with Crippen LogP contribution in [0, 0.1) is 0 Å². The van der Waals surface area contributed by atoms with Crippen LogP contribution >= 0.6 is 0 Å². The molecular weight excluding hydrogens is 422 g/mol. The summed E-state index contributed by atoms with van der Waals surface area (Å²) >= 11 is 0. The zero-order chi connectivity index (χ0) is 23.4. The lowest BCUT2D eigenvalue weighted by molar-refractivity contribution is -0.123. The standard InChI is InChI=1S/C25H31N3O5/c1-31-18-6-4-17(5-7-18)15-27-8-10-28(11-9-27)16-25(30)26-21-14-22(29)20-13-24(33-3)23(32-2)12-19(20)21/h4-7,12-13,21H,8-11,14-16H2,1-3H3,(H,26,30). The molecule has 4 rings (SSSR count). The molecule has 1 aliphatic heterocycles. The number of methoxy groups -OCH3 is 3. The Bertz CT molecular complexity index is 1000. The van der Waals surface area contributed by atoms with E-state index in [0.29, 0.717) is 23.6 Å². The van der Waals surface area contributed by atoms with Crippen LogP contribution < -0.4 is 19.5 Å². The summed E-state index contributed by atoms with van der Waals surface area (Å²) in [6, 6.07) is 11.3. The first kappa shape index (κ1) is 23.1. The second-order valence-corrected chi connectivity index (χ2v) is 8.44. The first-order chi connectivity index (χ1) is 16.0. The van der Waals surface area contributed by atoms with Crippen molar-refractivity contribution < 1.29 is 23.8 Å². The number of benzene rings is 2. The van der Waals surface area contributed by atoms with Gasteiger partial charge in [-0.25, -0.2) is 0 Å². The molecule has 33 heavy (non-hydrogen) atoms. The highest BCUT2D eigenvalue weighted by atomic mass is 16.5. The fourth-order valence-corrected chi connectivity index (χ4v) is 4.50. The molecule has 0 saturated carbocycles. The maximum Gasteiger partial charge on any atom is 0.234 e. The summed E-state index contributed by atoms with van der Waals surface area (Å²) in [5, 5.41) is 3.04. The van der Waals surface area contributed by atoms with Crippen LogP contribution in [0.1, 0.15) is 33.9 Å². The SMILES string of the molecule is COc1ccc(CN2CCN(CC(=O)NC3CC(=O)c4cc(OC)c(OC)cc43)CC2)cc1. The molecule has 2 aromatic carbocycles. The number of piperazine rings is 1. The van der Waals surface area contributed by atoms with Crippen LogP contribution in [0.2, 0.25) is 0 Å². The predicted octanol–water partition coefficient (Wildman–Crippen LogP) is 2.27. The number of hydrogen-bond donors (Lipinski definition) is 1. The lowest BCUT2D eigenvalue weighted by atomic mass is 10.1. The van der Waals surface area contributed by atoms with Gasteiger partial charge in [0.1, 0.15) is 5.75 Å². The Labute approximate surface area is 194 Å². The summed E-state index contributed by atoms with van der Waals surface area (Å²) in [6.07, 6.45) is 0.257. The van der Waals surface area contributed by atoms with Gasteiger partial charge in [-0.3, -0.25) is 19.4 Å². The molecule has 2 aromatic rings. The van der Waals surface area contributed by atoms with Crippen molar-refractivity contribution in [3.63, 3.8) is 0 Å².